The fourth-order valence-electron chi connectivity index (χ4n) is 3.10. The van der Waals surface area contributed by atoms with Crippen molar-refractivity contribution in [1.29, 1.82) is 0 Å². The normalized spacial score (nSPS) is 11.0. The molecule has 172 valence electrons. The first-order chi connectivity index (χ1) is 15.6. The predicted octanol–water partition coefficient (Wildman–Crippen LogP) is 5.27. The Labute approximate surface area is 198 Å². The lowest BCUT2D eigenvalue weighted by atomic mass is 9.96. The zero-order chi connectivity index (χ0) is 24.0. The van der Waals surface area contributed by atoms with E-state index >= 15 is 0 Å². The molecule has 0 radical (unpaired) electrons. The highest BCUT2D eigenvalue weighted by atomic mass is 32.1. The first kappa shape index (κ1) is 24.2. The van der Waals surface area contributed by atoms with Crippen molar-refractivity contribution in [2.75, 3.05) is 17.2 Å². The van der Waals surface area contributed by atoms with Gasteiger partial charge in [0.15, 0.2) is 0 Å². The van der Waals surface area contributed by atoms with E-state index in [0.29, 0.717) is 27.7 Å². The molecular formula is C26H29N3O3S. The van der Waals surface area contributed by atoms with Crippen LogP contribution in [0.4, 0.5) is 10.7 Å². The Balaban J connectivity index is 1.67. The number of anilines is 2. The number of carbonyl (C=O) groups is 3. The summed E-state index contributed by atoms with van der Waals surface area (Å²) < 4.78 is 0. The number of aryl methyl sites for hydroxylation is 1. The van der Waals surface area contributed by atoms with Crippen LogP contribution in [-0.2, 0) is 11.2 Å². The van der Waals surface area contributed by atoms with E-state index in [1.807, 2.05) is 58.0 Å². The maximum absolute atomic E-state index is 13.0. The highest BCUT2D eigenvalue weighted by Gasteiger charge is 2.23. The van der Waals surface area contributed by atoms with Crippen molar-refractivity contribution in [3.63, 3.8) is 0 Å². The molecule has 3 rings (SSSR count). The van der Waals surface area contributed by atoms with Gasteiger partial charge in [-0.15, -0.1) is 11.3 Å². The minimum Gasteiger partial charge on any atom is -0.352 e. The number of para-hydroxylation sites is 1. The molecule has 1 heterocycles. The first-order valence-electron chi connectivity index (χ1n) is 10.8. The number of amides is 3. The van der Waals surface area contributed by atoms with Crippen LogP contribution in [0.5, 0.6) is 0 Å². The third kappa shape index (κ3) is 6.52. The van der Waals surface area contributed by atoms with E-state index in [-0.39, 0.29) is 17.7 Å². The van der Waals surface area contributed by atoms with Crippen molar-refractivity contribution in [1.82, 2.24) is 5.32 Å². The Kier molecular flexibility index (Phi) is 7.66. The predicted molar refractivity (Wildman–Crippen MR) is 134 cm³/mol. The monoisotopic (exact) mass is 463 g/mol. The van der Waals surface area contributed by atoms with E-state index in [9.17, 15) is 14.4 Å². The maximum Gasteiger partial charge on any atom is 0.266 e. The Morgan fingerprint density at radius 1 is 0.879 bits per heavy atom. The fraction of sp³-hybridized carbons (Fsp3) is 0.269. The lowest BCUT2D eigenvalue weighted by molar-refractivity contribution is -0.123. The SMILES string of the molecule is Cc1cc(NC(=O)C(C)(C)C)sc1C(=O)Nc1ccccc1C(=O)NCCc1ccccc1. The summed E-state index contributed by atoms with van der Waals surface area (Å²) in [6.07, 6.45) is 0.721. The quantitative estimate of drug-likeness (QED) is 0.446. The number of hydrogen-bond donors (Lipinski definition) is 3. The molecule has 0 atom stereocenters. The number of carbonyl (C=O) groups excluding carboxylic acids is 3. The van der Waals surface area contributed by atoms with Crippen LogP contribution in [0.15, 0.2) is 60.7 Å². The van der Waals surface area contributed by atoms with Crippen molar-refractivity contribution < 1.29 is 14.4 Å². The standard InChI is InChI=1S/C26H29N3O3S/c1-17-16-21(29-25(32)26(2,3)4)33-22(17)24(31)28-20-13-9-8-12-19(20)23(30)27-15-14-18-10-6-5-7-11-18/h5-13,16H,14-15H2,1-4H3,(H,27,30)(H,28,31)(H,29,32). The molecule has 7 heteroatoms. The van der Waals surface area contributed by atoms with Gasteiger partial charge >= 0.3 is 0 Å². The van der Waals surface area contributed by atoms with E-state index in [1.165, 1.54) is 11.3 Å². The van der Waals surface area contributed by atoms with E-state index in [2.05, 4.69) is 16.0 Å². The molecule has 6 nitrogen and oxygen atoms in total. The fourth-order valence-corrected chi connectivity index (χ4v) is 4.06. The summed E-state index contributed by atoms with van der Waals surface area (Å²) in [5.74, 6) is -0.686. The Morgan fingerprint density at radius 3 is 2.24 bits per heavy atom. The molecule has 3 amide bonds. The Bertz CT molecular complexity index is 1150. The van der Waals surface area contributed by atoms with Crippen LogP contribution in [0.3, 0.4) is 0 Å². The van der Waals surface area contributed by atoms with Crippen LogP contribution >= 0.6 is 11.3 Å². The van der Waals surface area contributed by atoms with Crippen LogP contribution in [0.2, 0.25) is 0 Å². The van der Waals surface area contributed by atoms with Gasteiger partial charge in [-0.3, -0.25) is 14.4 Å². The van der Waals surface area contributed by atoms with E-state index in [1.54, 1.807) is 30.3 Å². The van der Waals surface area contributed by atoms with Crippen LogP contribution in [0, 0.1) is 12.3 Å². The molecule has 0 saturated carbocycles. The number of benzene rings is 2. The number of thiophene rings is 1. The van der Waals surface area contributed by atoms with Crippen LogP contribution in [0.1, 0.15) is 51.9 Å². The Hall–Kier alpha value is -3.45. The highest BCUT2D eigenvalue weighted by molar-refractivity contribution is 7.18. The largest absolute Gasteiger partial charge is 0.352 e. The van der Waals surface area contributed by atoms with Gasteiger partial charge < -0.3 is 16.0 Å². The molecule has 3 aromatic rings. The second-order valence-electron chi connectivity index (χ2n) is 8.82. The molecule has 3 N–H and O–H groups in total. The average Bonchev–Trinajstić information content (AvgIpc) is 3.14. The topological polar surface area (TPSA) is 87.3 Å². The summed E-state index contributed by atoms with van der Waals surface area (Å²) in [6.45, 7) is 7.81. The van der Waals surface area contributed by atoms with Crippen molar-refractivity contribution in [3.05, 3.63) is 82.2 Å². The molecule has 2 aromatic carbocycles. The summed E-state index contributed by atoms with van der Waals surface area (Å²) in [5.41, 5.74) is 2.20. The van der Waals surface area contributed by atoms with Crippen LogP contribution in [-0.4, -0.2) is 24.3 Å². The molecule has 0 aliphatic carbocycles. The minimum absolute atomic E-state index is 0.117. The van der Waals surface area contributed by atoms with Gasteiger partial charge in [-0.05, 0) is 42.7 Å². The van der Waals surface area contributed by atoms with E-state index < -0.39 is 5.41 Å². The van der Waals surface area contributed by atoms with Crippen molar-refractivity contribution in [2.24, 2.45) is 5.41 Å². The first-order valence-corrected chi connectivity index (χ1v) is 11.6. The summed E-state index contributed by atoms with van der Waals surface area (Å²) in [5, 5.41) is 9.25. The van der Waals surface area contributed by atoms with E-state index in [0.717, 1.165) is 17.5 Å². The number of rotatable bonds is 7. The molecule has 0 unspecified atom stereocenters. The number of nitrogens with one attached hydrogen (secondary N) is 3. The maximum atomic E-state index is 13.0. The van der Waals surface area contributed by atoms with Crippen LogP contribution in [0.25, 0.3) is 0 Å². The zero-order valence-corrected chi connectivity index (χ0v) is 20.1. The molecule has 0 saturated heterocycles. The molecular weight excluding hydrogens is 434 g/mol. The van der Waals surface area contributed by atoms with Crippen molar-refractivity contribution >= 4 is 39.7 Å². The molecule has 33 heavy (non-hydrogen) atoms. The average molecular weight is 464 g/mol. The second kappa shape index (κ2) is 10.4. The van der Waals surface area contributed by atoms with E-state index in [4.69, 9.17) is 0 Å². The second-order valence-corrected chi connectivity index (χ2v) is 9.87. The van der Waals surface area contributed by atoms with Crippen molar-refractivity contribution in [3.8, 4) is 0 Å². The number of hydrogen-bond acceptors (Lipinski definition) is 4. The molecule has 0 aliphatic heterocycles. The molecule has 0 bridgehead atoms. The van der Waals surface area contributed by atoms with Gasteiger partial charge in [0.2, 0.25) is 5.91 Å². The molecule has 1 aromatic heterocycles. The highest BCUT2D eigenvalue weighted by Crippen LogP contribution is 2.29. The van der Waals surface area contributed by atoms with Gasteiger partial charge in [0.25, 0.3) is 11.8 Å². The van der Waals surface area contributed by atoms with Crippen LogP contribution < -0.4 is 16.0 Å². The zero-order valence-electron chi connectivity index (χ0n) is 19.3. The van der Waals surface area contributed by atoms with Gasteiger partial charge in [-0.1, -0.05) is 63.2 Å². The van der Waals surface area contributed by atoms with Crippen molar-refractivity contribution in [2.45, 2.75) is 34.1 Å². The molecule has 0 fully saturated rings. The summed E-state index contributed by atoms with van der Waals surface area (Å²) in [7, 11) is 0. The summed E-state index contributed by atoms with van der Waals surface area (Å²) >= 11 is 1.21. The smallest absolute Gasteiger partial charge is 0.266 e. The van der Waals surface area contributed by atoms with Gasteiger partial charge in [-0.25, -0.2) is 0 Å². The third-order valence-corrected chi connectivity index (χ3v) is 6.16. The molecule has 0 spiro atoms. The van der Waals surface area contributed by atoms with Gasteiger partial charge in [-0.2, -0.15) is 0 Å². The summed E-state index contributed by atoms with van der Waals surface area (Å²) in [4.78, 5) is 38.5. The molecule has 0 aliphatic rings. The third-order valence-electron chi connectivity index (χ3n) is 5.00. The lowest BCUT2D eigenvalue weighted by Gasteiger charge is -2.16. The minimum atomic E-state index is -0.535. The Morgan fingerprint density at radius 2 is 1.55 bits per heavy atom. The van der Waals surface area contributed by atoms with Gasteiger partial charge in [0.1, 0.15) is 0 Å². The lowest BCUT2D eigenvalue weighted by Crippen LogP contribution is -2.27. The van der Waals surface area contributed by atoms with Gasteiger partial charge in [0, 0.05) is 12.0 Å². The van der Waals surface area contributed by atoms with Gasteiger partial charge in [0.05, 0.1) is 21.1 Å². The summed E-state index contributed by atoms with van der Waals surface area (Å²) in [6, 6.07) is 18.6.